The molecule has 2 heteroatoms. The van der Waals surface area contributed by atoms with Crippen LogP contribution in [0, 0.1) is 0 Å². The SMILES string of the molecule is c1ccc(CN2CCc3occc3C2)cc1. The first-order valence-electron chi connectivity index (χ1n) is 5.73. The molecule has 0 N–H and O–H groups in total. The maximum absolute atomic E-state index is 5.43. The highest BCUT2D eigenvalue weighted by atomic mass is 16.3. The van der Waals surface area contributed by atoms with Crippen LogP contribution in [-0.4, -0.2) is 11.4 Å². The predicted molar refractivity (Wildman–Crippen MR) is 63.0 cm³/mol. The Morgan fingerprint density at radius 1 is 1.12 bits per heavy atom. The van der Waals surface area contributed by atoms with Gasteiger partial charge in [0.1, 0.15) is 5.76 Å². The van der Waals surface area contributed by atoms with Crippen LogP contribution in [0.4, 0.5) is 0 Å². The fourth-order valence-corrected chi connectivity index (χ4v) is 2.28. The first-order chi connectivity index (χ1) is 7.92. The lowest BCUT2D eigenvalue weighted by Gasteiger charge is -2.25. The van der Waals surface area contributed by atoms with E-state index in [2.05, 4.69) is 41.3 Å². The minimum Gasteiger partial charge on any atom is -0.469 e. The minimum atomic E-state index is 1.01. The molecule has 0 atom stereocenters. The molecule has 2 aromatic rings. The molecule has 82 valence electrons. The number of furan rings is 1. The zero-order valence-corrected chi connectivity index (χ0v) is 9.23. The van der Waals surface area contributed by atoms with Crippen LogP contribution in [0.1, 0.15) is 16.9 Å². The average molecular weight is 213 g/mol. The monoisotopic (exact) mass is 213 g/mol. The molecule has 0 bridgehead atoms. The Labute approximate surface area is 95.5 Å². The van der Waals surface area contributed by atoms with E-state index in [1.165, 1.54) is 16.9 Å². The first kappa shape index (κ1) is 9.67. The van der Waals surface area contributed by atoms with E-state index in [1.54, 1.807) is 6.26 Å². The van der Waals surface area contributed by atoms with Gasteiger partial charge in [0.25, 0.3) is 0 Å². The molecule has 2 heterocycles. The first-order valence-corrected chi connectivity index (χ1v) is 5.73. The van der Waals surface area contributed by atoms with Gasteiger partial charge in [-0.05, 0) is 11.6 Å². The van der Waals surface area contributed by atoms with Crippen molar-refractivity contribution < 1.29 is 4.42 Å². The summed E-state index contributed by atoms with van der Waals surface area (Å²) in [5.41, 5.74) is 2.73. The van der Waals surface area contributed by atoms with Crippen LogP contribution < -0.4 is 0 Å². The van der Waals surface area contributed by atoms with E-state index >= 15 is 0 Å². The van der Waals surface area contributed by atoms with E-state index in [4.69, 9.17) is 4.42 Å². The predicted octanol–water partition coefficient (Wildman–Crippen LogP) is 2.84. The fraction of sp³-hybridized carbons (Fsp3) is 0.286. The standard InChI is InChI=1S/C14H15NO/c1-2-4-12(5-3-1)10-15-8-6-14-13(11-15)7-9-16-14/h1-5,7,9H,6,8,10-11H2. The number of nitrogens with zero attached hydrogens (tertiary/aromatic N) is 1. The van der Waals surface area contributed by atoms with E-state index in [9.17, 15) is 0 Å². The summed E-state index contributed by atoms with van der Waals surface area (Å²) in [5.74, 6) is 1.17. The number of fused-ring (bicyclic) bond motifs is 1. The van der Waals surface area contributed by atoms with Crippen molar-refractivity contribution in [1.82, 2.24) is 4.90 Å². The summed E-state index contributed by atoms with van der Waals surface area (Å²) >= 11 is 0. The number of hydrogen-bond acceptors (Lipinski definition) is 2. The van der Waals surface area contributed by atoms with Crippen LogP contribution >= 0.6 is 0 Å². The highest BCUT2D eigenvalue weighted by molar-refractivity contribution is 5.21. The van der Waals surface area contributed by atoms with E-state index in [1.807, 2.05) is 0 Å². The number of rotatable bonds is 2. The largest absolute Gasteiger partial charge is 0.469 e. The molecule has 16 heavy (non-hydrogen) atoms. The Morgan fingerprint density at radius 3 is 2.88 bits per heavy atom. The van der Waals surface area contributed by atoms with Crippen LogP contribution in [-0.2, 0) is 19.5 Å². The van der Waals surface area contributed by atoms with Crippen molar-refractivity contribution in [3.8, 4) is 0 Å². The van der Waals surface area contributed by atoms with Crippen LogP contribution in [0.5, 0.6) is 0 Å². The van der Waals surface area contributed by atoms with Gasteiger partial charge in [0.05, 0.1) is 6.26 Å². The van der Waals surface area contributed by atoms with Gasteiger partial charge in [-0.2, -0.15) is 0 Å². The summed E-state index contributed by atoms with van der Waals surface area (Å²) in [6.07, 6.45) is 2.84. The Morgan fingerprint density at radius 2 is 2.00 bits per heavy atom. The highest BCUT2D eigenvalue weighted by Crippen LogP contribution is 2.21. The summed E-state index contributed by atoms with van der Waals surface area (Å²) in [4.78, 5) is 2.47. The van der Waals surface area contributed by atoms with E-state index in [0.29, 0.717) is 0 Å². The third kappa shape index (κ3) is 1.89. The zero-order valence-electron chi connectivity index (χ0n) is 9.23. The van der Waals surface area contributed by atoms with Crippen LogP contribution in [0.25, 0.3) is 0 Å². The van der Waals surface area contributed by atoms with Crippen molar-refractivity contribution in [3.63, 3.8) is 0 Å². The molecule has 0 unspecified atom stereocenters. The quantitative estimate of drug-likeness (QED) is 0.762. The Balaban J connectivity index is 1.71. The normalized spacial score (nSPS) is 16.0. The maximum Gasteiger partial charge on any atom is 0.109 e. The summed E-state index contributed by atoms with van der Waals surface area (Å²) in [5, 5.41) is 0. The van der Waals surface area contributed by atoms with Gasteiger partial charge < -0.3 is 4.42 Å². The molecule has 0 saturated heterocycles. The summed E-state index contributed by atoms with van der Waals surface area (Å²) < 4.78 is 5.43. The van der Waals surface area contributed by atoms with Gasteiger partial charge in [0.15, 0.2) is 0 Å². The molecular weight excluding hydrogens is 198 g/mol. The van der Waals surface area contributed by atoms with Gasteiger partial charge in [0, 0.05) is 31.6 Å². The third-order valence-electron chi connectivity index (χ3n) is 3.14. The van der Waals surface area contributed by atoms with Gasteiger partial charge in [-0.3, -0.25) is 4.90 Å². The molecule has 1 aromatic heterocycles. The molecule has 0 saturated carbocycles. The van der Waals surface area contributed by atoms with Gasteiger partial charge in [0.2, 0.25) is 0 Å². The van der Waals surface area contributed by atoms with Crippen LogP contribution in [0.2, 0.25) is 0 Å². The summed E-state index contributed by atoms with van der Waals surface area (Å²) in [6, 6.07) is 12.7. The fourth-order valence-electron chi connectivity index (χ4n) is 2.28. The smallest absolute Gasteiger partial charge is 0.109 e. The third-order valence-corrected chi connectivity index (χ3v) is 3.14. The van der Waals surface area contributed by atoms with Gasteiger partial charge in [-0.25, -0.2) is 0 Å². The van der Waals surface area contributed by atoms with E-state index in [0.717, 1.165) is 26.1 Å². The summed E-state index contributed by atoms with van der Waals surface area (Å²) in [7, 11) is 0. The molecule has 0 aliphatic carbocycles. The lowest BCUT2D eigenvalue weighted by Crippen LogP contribution is -2.29. The van der Waals surface area contributed by atoms with Crippen molar-refractivity contribution in [2.45, 2.75) is 19.5 Å². The van der Waals surface area contributed by atoms with Gasteiger partial charge >= 0.3 is 0 Å². The molecule has 0 amide bonds. The van der Waals surface area contributed by atoms with Crippen molar-refractivity contribution in [2.75, 3.05) is 6.54 Å². The maximum atomic E-state index is 5.43. The second kappa shape index (κ2) is 4.14. The molecule has 0 fully saturated rings. The van der Waals surface area contributed by atoms with Crippen molar-refractivity contribution in [3.05, 3.63) is 59.5 Å². The second-order valence-corrected chi connectivity index (χ2v) is 4.32. The summed E-state index contributed by atoms with van der Waals surface area (Å²) in [6.45, 7) is 3.14. The Hall–Kier alpha value is -1.54. The topological polar surface area (TPSA) is 16.4 Å². The molecule has 1 aliphatic rings. The number of hydrogen-bond donors (Lipinski definition) is 0. The molecule has 0 radical (unpaired) electrons. The lowest BCUT2D eigenvalue weighted by atomic mass is 10.1. The Kier molecular flexibility index (Phi) is 2.50. The zero-order chi connectivity index (χ0) is 10.8. The van der Waals surface area contributed by atoms with Crippen molar-refractivity contribution in [1.29, 1.82) is 0 Å². The van der Waals surface area contributed by atoms with Gasteiger partial charge in [-0.1, -0.05) is 30.3 Å². The Bertz CT molecular complexity index is 461. The van der Waals surface area contributed by atoms with Crippen LogP contribution in [0.3, 0.4) is 0 Å². The molecular formula is C14H15NO. The van der Waals surface area contributed by atoms with Crippen molar-refractivity contribution >= 4 is 0 Å². The molecule has 0 spiro atoms. The molecule has 1 aliphatic heterocycles. The lowest BCUT2D eigenvalue weighted by molar-refractivity contribution is 0.234. The molecule has 2 nitrogen and oxygen atoms in total. The van der Waals surface area contributed by atoms with Gasteiger partial charge in [-0.15, -0.1) is 0 Å². The molecule has 3 rings (SSSR count). The second-order valence-electron chi connectivity index (χ2n) is 4.32. The van der Waals surface area contributed by atoms with Crippen molar-refractivity contribution in [2.24, 2.45) is 0 Å². The highest BCUT2D eigenvalue weighted by Gasteiger charge is 2.18. The average Bonchev–Trinajstić information content (AvgIpc) is 2.77. The van der Waals surface area contributed by atoms with E-state index < -0.39 is 0 Å². The van der Waals surface area contributed by atoms with Crippen LogP contribution in [0.15, 0.2) is 47.1 Å². The number of benzene rings is 1. The minimum absolute atomic E-state index is 1.01. The van der Waals surface area contributed by atoms with E-state index in [-0.39, 0.29) is 0 Å². The molecule has 1 aromatic carbocycles.